The van der Waals surface area contributed by atoms with Gasteiger partial charge in [-0.05, 0) is 38.2 Å². The number of carbonyl (C=O) groups excluding carboxylic acids is 1. The molecule has 0 bridgehead atoms. The largest absolute Gasteiger partial charge is 0.310 e. The summed E-state index contributed by atoms with van der Waals surface area (Å²) >= 11 is 6.32. The molecule has 0 aromatic heterocycles. The third-order valence-corrected chi connectivity index (χ3v) is 5.91. The van der Waals surface area contributed by atoms with Crippen LogP contribution < -0.4 is 4.90 Å². The lowest BCUT2D eigenvalue weighted by atomic mass is 10.00. The van der Waals surface area contributed by atoms with E-state index in [1.807, 2.05) is 53.4 Å². The van der Waals surface area contributed by atoms with Crippen LogP contribution in [0.2, 0.25) is 5.02 Å². The molecule has 0 atom stereocenters. The van der Waals surface area contributed by atoms with Gasteiger partial charge in [0.1, 0.15) is 6.54 Å². The molecule has 2 aromatic carbocycles. The molecule has 1 amide bonds. The summed E-state index contributed by atoms with van der Waals surface area (Å²) in [6, 6.07) is 15.7. The lowest BCUT2D eigenvalue weighted by molar-refractivity contribution is -0.117. The monoisotopic (exact) mass is 410 g/mol. The summed E-state index contributed by atoms with van der Waals surface area (Å²) in [5.74, 6) is 0.0397. The van der Waals surface area contributed by atoms with Crippen molar-refractivity contribution in [3.05, 3.63) is 64.7 Å². The van der Waals surface area contributed by atoms with Crippen LogP contribution in [0.15, 0.2) is 53.5 Å². The lowest BCUT2D eigenvalue weighted by Crippen LogP contribution is -2.45. The minimum absolute atomic E-state index is 0.0397. The molecule has 29 heavy (non-hydrogen) atoms. The molecule has 0 radical (unpaired) electrons. The molecular formula is C23H27ClN4O. The zero-order chi connectivity index (χ0) is 20.2. The molecule has 6 heteroatoms. The summed E-state index contributed by atoms with van der Waals surface area (Å²) in [4.78, 5) is 24.3. The highest BCUT2D eigenvalue weighted by Crippen LogP contribution is 2.29. The Morgan fingerprint density at radius 2 is 1.76 bits per heavy atom. The van der Waals surface area contributed by atoms with Crippen molar-refractivity contribution < 1.29 is 4.79 Å². The van der Waals surface area contributed by atoms with Crippen molar-refractivity contribution >= 4 is 28.9 Å². The van der Waals surface area contributed by atoms with Gasteiger partial charge in [-0.1, -0.05) is 41.9 Å². The Balaban J connectivity index is 1.54. The van der Waals surface area contributed by atoms with Crippen molar-refractivity contribution in [1.29, 1.82) is 0 Å². The van der Waals surface area contributed by atoms with Crippen molar-refractivity contribution in [1.82, 2.24) is 9.80 Å². The molecule has 1 saturated heterocycles. The third-order valence-electron chi connectivity index (χ3n) is 5.68. The highest BCUT2D eigenvalue weighted by Gasteiger charge is 2.25. The number of amides is 1. The fourth-order valence-corrected chi connectivity index (χ4v) is 4.17. The van der Waals surface area contributed by atoms with Gasteiger partial charge in [-0.25, -0.2) is 0 Å². The summed E-state index contributed by atoms with van der Waals surface area (Å²) in [6.07, 6.45) is 0.943. The number of likely N-dealkylation sites (N-methyl/N-ethyl adjacent to an activating group) is 1. The van der Waals surface area contributed by atoms with Crippen LogP contribution in [0.1, 0.15) is 17.5 Å². The van der Waals surface area contributed by atoms with Crippen LogP contribution in [-0.4, -0.2) is 74.3 Å². The average Bonchev–Trinajstić information content (AvgIpc) is 2.86. The SMILES string of the molecule is CN1CCN(CCCN2C(=O)CN=C(c3ccccc3)c3cc(Cl)ccc32)CC1. The van der Waals surface area contributed by atoms with Crippen LogP contribution in [0.4, 0.5) is 5.69 Å². The predicted molar refractivity (Wildman–Crippen MR) is 119 cm³/mol. The number of fused-ring (bicyclic) bond motifs is 1. The molecule has 0 spiro atoms. The first-order chi connectivity index (χ1) is 14.1. The second-order valence-electron chi connectivity index (χ2n) is 7.74. The van der Waals surface area contributed by atoms with E-state index in [1.54, 1.807) is 0 Å². The number of hydrogen-bond acceptors (Lipinski definition) is 4. The maximum atomic E-state index is 12.9. The van der Waals surface area contributed by atoms with E-state index in [0.29, 0.717) is 11.6 Å². The predicted octanol–water partition coefficient (Wildman–Crippen LogP) is 3.16. The first-order valence-electron chi connectivity index (χ1n) is 10.2. The zero-order valence-electron chi connectivity index (χ0n) is 16.9. The standard InChI is InChI=1S/C23H27ClN4O/c1-26-12-14-27(15-13-26)10-5-11-28-21-9-8-19(24)16-20(21)23(25-17-22(28)29)18-6-3-2-4-7-18/h2-4,6-9,16H,5,10-15,17H2,1H3. The van der Waals surface area contributed by atoms with Gasteiger partial charge in [-0.3, -0.25) is 9.79 Å². The molecule has 2 aliphatic rings. The van der Waals surface area contributed by atoms with Gasteiger partial charge in [-0.15, -0.1) is 0 Å². The van der Waals surface area contributed by atoms with Crippen LogP contribution in [0.3, 0.4) is 0 Å². The van der Waals surface area contributed by atoms with E-state index < -0.39 is 0 Å². The fraction of sp³-hybridized carbons (Fsp3) is 0.391. The number of anilines is 1. The summed E-state index contributed by atoms with van der Waals surface area (Å²) < 4.78 is 0. The maximum absolute atomic E-state index is 12.9. The molecule has 0 N–H and O–H groups in total. The number of nitrogens with zero attached hydrogens (tertiary/aromatic N) is 4. The van der Waals surface area contributed by atoms with E-state index in [-0.39, 0.29) is 12.5 Å². The molecule has 152 valence electrons. The Kier molecular flexibility index (Phi) is 6.28. The smallest absolute Gasteiger partial charge is 0.248 e. The van der Waals surface area contributed by atoms with Gasteiger partial charge in [0.05, 0.1) is 11.4 Å². The molecule has 2 aromatic rings. The van der Waals surface area contributed by atoms with Crippen LogP contribution in [0, 0.1) is 0 Å². The minimum Gasteiger partial charge on any atom is -0.310 e. The van der Waals surface area contributed by atoms with Gasteiger partial charge >= 0.3 is 0 Å². The van der Waals surface area contributed by atoms with Crippen LogP contribution in [0.25, 0.3) is 0 Å². The minimum atomic E-state index is 0.0397. The first kappa shape index (κ1) is 20.1. The van der Waals surface area contributed by atoms with E-state index in [0.717, 1.165) is 61.7 Å². The van der Waals surface area contributed by atoms with Crippen molar-refractivity contribution in [3.63, 3.8) is 0 Å². The zero-order valence-corrected chi connectivity index (χ0v) is 17.6. The average molecular weight is 411 g/mol. The van der Waals surface area contributed by atoms with Gasteiger partial charge in [0.25, 0.3) is 0 Å². The van der Waals surface area contributed by atoms with E-state index >= 15 is 0 Å². The quantitative estimate of drug-likeness (QED) is 0.760. The maximum Gasteiger partial charge on any atom is 0.248 e. The summed E-state index contributed by atoms with van der Waals surface area (Å²) in [6.45, 7) is 6.27. The molecule has 0 saturated carbocycles. The van der Waals surface area contributed by atoms with E-state index in [9.17, 15) is 4.79 Å². The second-order valence-corrected chi connectivity index (χ2v) is 8.17. The van der Waals surface area contributed by atoms with Gasteiger partial charge in [-0.2, -0.15) is 0 Å². The van der Waals surface area contributed by atoms with Gasteiger partial charge < -0.3 is 14.7 Å². The molecule has 0 aliphatic carbocycles. The number of benzene rings is 2. The van der Waals surface area contributed by atoms with Gasteiger partial charge in [0, 0.05) is 48.9 Å². The van der Waals surface area contributed by atoms with Gasteiger partial charge in [0.15, 0.2) is 0 Å². The highest BCUT2D eigenvalue weighted by molar-refractivity contribution is 6.32. The van der Waals surface area contributed by atoms with Crippen LogP contribution in [-0.2, 0) is 4.79 Å². The number of halogens is 1. The third kappa shape index (κ3) is 4.69. The number of benzodiazepines with no additional fused rings is 1. The molecule has 1 fully saturated rings. The number of hydrogen-bond donors (Lipinski definition) is 0. The normalized spacial score (nSPS) is 18.3. The van der Waals surface area contributed by atoms with Crippen molar-refractivity contribution in [2.75, 3.05) is 57.8 Å². The Hall–Kier alpha value is -2.21. The molecule has 2 heterocycles. The number of aliphatic imine (C=N–C) groups is 1. The second kappa shape index (κ2) is 9.08. The molecule has 4 rings (SSSR count). The fourth-order valence-electron chi connectivity index (χ4n) is 4.00. The van der Waals surface area contributed by atoms with E-state index in [4.69, 9.17) is 11.6 Å². The van der Waals surface area contributed by atoms with Crippen molar-refractivity contribution in [3.8, 4) is 0 Å². The van der Waals surface area contributed by atoms with Crippen molar-refractivity contribution in [2.24, 2.45) is 4.99 Å². The first-order valence-corrected chi connectivity index (χ1v) is 10.6. The molecule has 5 nitrogen and oxygen atoms in total. The lowest BCUT2D eigenvalue weighted by Gasteiger charge is -2.33. The van der Waals surface area contributed by atoms with E-state index in [2.05, 4.69) is 21.8 Å². The Morgan fingerprint density at radius 3 is 2.52 bits per heavy atom. The molecular weight excluding hydrogens is 384 g/mol. The number of rotatable bonds is 5. The Bertz CT molecular complexity index is 891. The Morgan fingerprint density at radius 1 is 1.00 bits per heavy atom. The van der Waals surface area contributed by atoms with Crippen molar-refractivity contribution in [2.45, 2.75) is 6.42 Å². The van der Waals surface area contributed by atoms with Crippen LogP contribution >= 0.6 is 11.6 Å². The number of piperazine rings is 1. The van der Waals surface area contributed by atoms with Gasteiger partial charge in [0.2, 0.25) is 5.91 Å². The molecule has 2 aliphatic heterocycles. The highest BCUT2D eigenvalue weighted by atomic mass is 35.5. The van der Waals surface area contributed by atoms with Crippen LogP contribution in [0.5, 0.6) is 0 Å². The summed E-state index contributed by atoms with van der Waals surface area (Å²) in [5.41, 5.74) is 3.66. The molecule has 0 unspecified atom stereocenters. The topological polar surface area (TPSA) is 39.1 Å². The summed E-state index contributed by atoms with van der Waals surface area (Å²) in [5, 5.41) is 0.652. The van der Waals surface area contributed by atoms with E-state index in [1.165, 1.54) is 0 Å². The summed E-state index contributed by atoms with van der Waals surface area (Å²) in [7, 11) is 2.17. The number of carbonyl (C=O) groups is 1. The Labute approximate surface area is 177 Å².